The third-order valence-corrected chi connectivity index (χ3v) is 2.87. The minimum atomic E-state index is 0.355. The molecule has 0 aliphatic rings. The van der Waals surface area contributed by atoms with Gasteiger partial charge in [-0.1, -0.05) is 13.8 Å². The molecule has 0 radical (unpaired) electrons. The van der Waals surface area contributed by atoms with Gasteiger partial charge in [0.2, 0.25) is 0 Å². The first-order chi connectivity index (χ1) is 8.00. The first-order valence-corrected chi connectivity index (χ1v) is 5.75. The van der Waals surface area contributed by atoms with Gasteiger partial charge in [0.05, 0.1) is 17.1 Å². The number of pyridine rings is 1. The van der Waals surface area contributed by atoms with Crippen LogP contribution in [0.5, 0.6) is 0 Å². The topological polar surface area (TPSA) is 56.7 Å². The zero-order chi connectivity index (χ0) is 12.6. The maximum atomic E-state index is 6.09. The summed E-state index contributed by atoms with van der Waals surface area (Å²) in [6.45, 7) is 6.24. The van der Waals surface area contributed by atoms with Crippen LogP contribution in [0.2, 0.25) is 0 Å². The van der Waals surface area contributed by atoms with Crippen LogP contribution in [0.4, 0.5) is 5.69 Å². The largest absolute Gasteiger partial charge is 0.397 e. The van der Waals surface area contributed by atoms with Gasteiger partial charge in [-0.05, 0) is 24.5 Å². The van der Waals surface area contributed by atoms with Gasteiger partial charge in [-0.3, -0.25) is 9.67 Å². The lowest BCUT2D eigenvalue weighted by molar-refractivity contribution is 0.713. The van der Waals surface area contributed by atoms with E-state index < -0.39 is 0 Å². The van der Waals surface area contributed by atoms with Crippen molar-refractivity contribution in [1.29, 1.82) is 0 Å². The predicted octanol–water partition coefficient (Wildman–Crippen LogP) is 2.50. The molecule has 4 heteroatoms. The highest BCUT2D eigenvalue weighted by Crippen LogP contribution is 2.31. The van der Waals surface area contributed by atoms with Gasteiger partial charge in [-0.15, -0.1) is 0 Å². The average molecular weight is 230 g/mol. The lowest BCUT2D eigenvalue weighted by Gasteiger charge is -2.08. The summed E-state index contributed by atoms with van der Waals surface area (Å²) in [5.41, 5.74) is 10.8. The number of nitrogens with zero attached hydrogens (tertiary/aromatic N) is 3. The molecule has 2 N–H and O–H groups in total. The number of hydrogen-bond donors (Lipinski definition) is 1. The highest BCUT2D eigenvalue weighted by atomic mass is 15.3. The van der Waals surface area contributed by atoms with E-state index in [1.807, 2.05) is 30.9 Å². The maximum absolute atomic E-state index is 6.09. The maximum Gasteiger partial charge on any atom is 0.0968 e. The fraction of sp³-hybridized carbons (Fsp3) is 0.385. The summed E-state index contributed by atoms with van der Waals surface area (Å²) in [7, 11) is 1.92. The lowest BCUT2D eigenvalue weighted by atomic mass is 10.0. The lowest BCUT2D eigenvalue weighted by Crippen LogP contribution is -1.98. The Bertz CT molecular complexity index is 540. The Hall–Kier alpha value is -1.84. The second-order valence-corrected chi connectivity index (χ2v) is 4.65. The molecule has 0 aliphatic carbocycles. The minimum Gasteiger partial charge on any atom is -0.397 e. The monoisotopic (exact) mass is 230 g/mol. The molecule has 0 unspecified atom stereocenters. The van der Waals surface area contributed by atoms with Crippen LogP contribution in [0.3, 0.4) is 0 Å². The summed E-state index contributed by atoms with van der Waals surface area (Å²) in [5, 5.41) is 4.48. The quantitative estimate of drug-likeness (QED) is 0.862. The van der Waals surface area contributed by atoms with E-state index >= 15 is 0 Å². The van der Waals surface area contributed by atoms with E-state index in [0.717, 1.165) is 28.2 Å². The van der Waals surface area contributed by atoms with Crippen molar-refractivity contribution < 1.29 is 0 Å². The fourth-order valence-corrected chi connectivity index (χ4v) is 1.90. The average Bonchev–Trinajstić information content (AvgIpc) is 2.64. The Labute approximate surface area is 101 Å². The van der Waals surface area contributed by atoms with Crippen molar-refractivity contribution in [3.63, 3.8) is 0 Å². The Morgan fingerprint density at radius 2 is 2.06 bits per heavy atom. The first kappa shape index (κ1) is 11.6. The molecule has 4 nitrogen and oxygen atoms in total. The van der Waals surface area contributed by atoms with Crippen LogP contribution in [-0.2, 0) is 7.05 Å². The van der Waals surface area contributed by atoms with Crippen molar-refractivity contribution in [3.8, 4) is 11.3 Å². The van der Waals surface area contributed by atoms with Gasteiger partial charge in [-0.2, -0.15) is 5.10 Å². The van der Waals surface area contributed by atoms with Crippen molar-refractivity contribution in [2.24, 2.45) is 7.05 Å². The molecule has 2 aromatic heterocycles. The van der Waals surface area contributed by atoms with E-state index in [9.17, 15) is 0 Å². The van der Waals surface area contributed by atoms with Crippen LogP contribution < -0.4 is 5.73 Å². The molecule has 0 amide bonds. The van der Waals surface area contributed by atoms with E-state index in [2.05, 4.69) is 23.9 Å². The number of aryl methyl sites for hydroxylation is 2. The molecule has 2 heterocycles. The van der Waals surface area contributed by atoms with Gasteiger partial charge in [0, 0.05) is 25.0 Å². The van der Waals surface area contributed by atoms with Gasteiger partial charge in [0.15, 0.2) is 0 Å². The standard InChI is InChI=1S/C13H18N4/c1-8(2)12-10(7-17(4)16-12)13-11(14)9(3)5-6-15-13/h5-8H,14H2,1-4H3. The highest BCUT2D eigenvalue weighted by Gasteiger charge is 2.16. The van der Waals surface area contributed by atoms with Crippen LogP contribution in [0.25, 0.3) is 11.3 Å². The summed E-state index contributed by atoms with van der Waals surface area (Å²) < 4.78 is 1.81. The Kier molecular flexibility index (Phi) is 2.88. The van der Waals surface area contributed by atoms with Crippen molar-refractivity contribution in [2.75, 3.05) is 5.73 Å². The molecule has 0 saturated heterocycles. The third kappa shape index (κ3) is 2.02. The van der Waals surface area contributed by atoms with Crippen molar-refractivity contribution >= 4 is 5.69 Å². The Morgan fingerprint density at radius 1 is 1.35 bits per heavy atom. The second-order valence-electron chi connectivity index (χ2n) is 4.65. The van der Waals surface area contributed by atoms with Crippen LogP contribution in [0.15, 0.2) is 18.5 Å². The van der Waals surface area contributed by atoms with E-state index in [4.69, 9.17) is 5.73 Å². The van der Waals surface area contributed by atoms with E-state index in [1.54, 1.807) is 6.20 Å². The molecule has 0 aliphatic heterocycles. The predicted molar refractivity (Wildman–Crippen MR) is 69.7 cm³/mol. The molecular weight excluding hydrogens is 212 g/mol. The van der Waals surface area contributed by atoms with Crippen molar-refractivity contribution in [1.82, 2.24) is 14.8 Å². The Morgan fingerprint density at radius 3 is 2.71 bits per heavy atom. The molecule has 0 aromatic carbocycles. The summed E-state index contributed by atoms with van der Waals surface area (Å²) >= 11 is 0. The highest BCUT2D eigenvalue weighted by molar-refractivity contribution is 5.76. The second kappa shape index (κ2) is 4.20. The number of nitrogens with two attached hydrogens (primary N) is 1. The van der Waals surface area contributed by atoms with Gasteiger partial charge < -0.3 is 5.73 Å². The fourth-order valence-electron chi connectivity index (χ4n) is 1.90. The molecule has 90 valence electrons. The Balaban J connectivity index is 2.64. The van der Waals surface area contributed by atoms with Crippen LogP contribution >= 0.6 is 0 Å². The van der Waals surface area contributed by atoms with Crippen molar-refractivity contribution in [2.45, 2.75) is 26.7 Å². The number of aromatic nitrogens is 3. The van der Waals surface area contributed by atoms with E-state index in [-0.39, 0.29) is 0 Å². The van der Waals surface area contributed by atoms with Crippen LogP contribution in [0, 0.1) is 6.92 Å². The zero-order valence-electron chi connectivity index (χ0n) is 10.7. The smallest absolute Gasteiger partial charge is 0.0968 e. The first-order valence-electron chi connectivity index (χ1n) is 5.75. The van der Waals surface area contributed by atoms with Crippen LogP contribution in [0.1, 0.15) is 31.0 Å². The number of nitrogen functional groups attached to an aromatic ring is 1. The van der Waals surface area contributed by atoms with Gasteiger partial charge in [0.25, 0.3) is 0 Å². The molecule has 0 spiro atoms. The molecular formula is C13H18N4. The summed E-state index contributed by atoms with van der Waals surface area (Å²) in [4.78, 5) is 4.39. The summed E-state index contributed by atoms with van der Waals surface area (Å²) in [6.07, 6.45) is 3.77. The summed E-state index contributed by atoms with van der Waals surface area (Å²) in [6, 6.07) is 1.92. The number of hydrogen-bond acceptors (Lipinski definition) is 3. The molecule has 17 heavy (non-hydrogen) atoms. The summed E-state index contributed by atoms with van der Waals surface area (Å²) in [5.74, 6) is 0.355. The molecule has 0 bridgehead atoms. The number of anilines is 1. The third-order valence-electron chi connectivity index (χ3n) is 2.87. The molecule has 2 aromatic rings. The zero-order valence-corrected chi connectivity index (χ0v) is 10.7. The number of rotatable bonds is 2. The molecule has 2 rings (SSSR count). The van der Waals surface area contributed by atoms with Gasteiger partial charge in [-0.25, -0.2) is 0 Å². The normalized spacial score (nSPS) is 11.1. The van der Waals surface area contributed by atoms with Gasteiger partial charge in [0.1, 0.15) is 0 Å². The van der Waals surface area contributed by atoms with E-state index in [1.165, 1.54) is 0 Å². The molecule has 0 atom stereocenters. The molecule has 0 saturated carbocycles. The molecule has 0 fully saturated rings. The van der Waals surface area contributed by atoms with Crippen LogP contribution in [-0.4, -0.2) is 14.8 Å². The van der Waals surface area contributed by atoms with Gasteiger partial charge >= 0.3 is 0 Å². The van der Waals surface area contributed by atoms with E-state index in [0.29, 0.717) is 5.92 Å². The SMILES string of the molecule is Cc1ccnc(-c2cn(C)nc2C(C)C)c1N. The van der Waals surface area contributed by atoms with Crippen molar-refractivity contribution in [3.05, 3.63) is 29.7 Å². The minimum absolute atomic E-state index is 0.355.